The Morgan fingerprint density at radius 2 is 2.11 bits per heavy atom. The summed E-state index contributed by atoms with van der Waals surface area (Å²) in [7, 11) is 1.37. The Kier molecular flexibility index (Phi) is 3.28. The van der Waals surface area contributed by atoms with Crippen LogP contribution in [0.15, 0.2) is 18.2 Å². The third-order valence-electron chi connectivity index (χ3n) is 2.35. The molecule has 19 heavy (non-hydrogen) atoms. The van der Waals surface area contributed by atoms with E-state index in [1.54, 1.807) is 12.1 Å². The van der Waals surface area contributed by atoms with Crippen molar-refractivity contribution in [3.63, 3.8) is 0 Å². The Labute approximate surface area is 106 Å². The van der Waals surface area contributed by atoms with Crippen LogP contribution < -0.4 is 10.5 Å². The quantitative estimate of drug-likeness (QED) is 0.857. The summed E-state index contributed by atoms with van der Waals surface area (Å²) >= 11 is 0. The summed E-state index contributed by atoms with van der Waals surface area (Å²) in [5.74, 6) is 0.183. The molecule has 0 atom stereocenters. The monoisotopic (exact) mass is 273 g/mol. The Hall–Kier alpha value is -2.32. The first-order chi connectivity index (χ1) is 8.92. The van der Waals surface area contributed by atoms with E-state index in [0.29, 0.717) is 15.9 Å². The van der Waals surface area contributed by atoms with E-state index in [-0.39, 0.29) is 11.6 Å². The highest BCUT2D eigenvalue weighted by atomic mass is 19.4. The molecule has 6 nitrogen and oxygen atoms in total. The molecule has 2 aromatic rings. The van der Waals surface area contributed by atoms with Crippen molar-refractivity contribution in [3.05, 3.63) is 18.2 Å². The number of aromatic nitrogens is 4. The van der Waals surface area contributed by atoms with Crippen LogP contribution >= 0.6 is 0 Å². The van der Waals surface area contributed by atoms with Gasteiger partial charge in [0.15, 0.2) is 11.6 Å². The first-order valence-electron chi connectivity index (χ1n) is 5.18. The molecule has 102 valence electrons. The fourth-order valence-corrected chi connectivity index (χ4v) is 1.63. The van der Waals surface area contributed by atoms with Gasteiger partial charge in [-0.15, -0.1) is 5.10 Å². The molecule has 0 aliphatic heterocycles. The minimum Gasteiger partial charge on any atom is -0.494 e. The summed E-state index contributed by atoms with van der Waals surface area (Å²) in [5.41, 5.74) is 6.29. The van der Waals surface area contributed by atoms with Gasteiger partial charge in [0.1, 0.15) is 6.54 Å². The van der Waals surface area contributed by atoms with Gasteiger partial charge in [-0.1, -0.05) is 6.07 Å². The number of ether oxygens (including phenoxy) is 1. The number of tetrazole rings is 1. The van der Waals surface area contributed by atoms with Gasteiger partial charge in [0.25, 0.3) is 0 Å². The van der Waals surface area contributed by atoms with Gasteiger partial charge in [-0.2, -0.15) is 13.2 Å². The molecule has 0 saturated heterocycles. The zero-order chi connectivity index (χ0) is 14.0. The fourth-order valence-electron chi connectivity index (χ4n) is 1.63. The summed E-state index contributed by atoms with van der Waals surface area (Å²) in [5, 5.41) is 10.2. The van der Waals surface area contributed by atoms with Crippen LogP contribution in [0.5, 0.6) is 5.75 Å². The average Bonchev–Trinajstić information content (AvgIpc) is 2.74. The van der Waals surface area contributed by atoms with E-state index in [2.05, 4.69) is 15.5 Å². The summed E-state index contributed by atoms with van der Waals surface area (Å²) in [6.07, 6.45) is -4.42. The van der Waals surface area contributed by atoms with Gasteiger partial charge in [0.2, 0.25) is 0 Å². The van der Waals surface area contributed by atoms with Crippen LogP contribution in [0, 0.1) is 0 Å². The molecule has 1 aromatic heterocycles. The molecular formula is C10H10F3N5O. The second-order valence-corrected chi connectivity index (χ2v) is 3.70. The Morgan fingerprint density at radius 1 is 1.37 bits per heavy atom. The van der Waals surface area contributed by atoms with Gasteiger partial charge in [-0.25, -0.2) is 4.68 Å². The summed E-state index contributed by atoms with van der Waals surface area (Å²) in [4.78, 5) is 0. The van der Waals surface area contributed by atoms with Crippen molar-refractivity contribution in [1.29, 1.82) is 0 Å². The number of halogens is 3. The number of nitrogens with two attached hydrogens (primary N) is 1. The van der Waals surface area contributed by atoms with Crippen molar-refractivity contribution in [2.75, 3.05) is 12.8 Å². The van der Waals surface area contributed by atoms with Crippen LogP contribution in [0.1, 0.15) is 0 Å². The SMILES string of the molecule is COc1c(N)cccc1-c1nnnn1CC(F)(F)F. The number of alkyl halides is 3. The second kappa shape index (κ2) is 4.75. The number of nitrogen functional groups attached to an aromatic ring is 1. The van der Waals surface area contributed by atoms with Crippen LogP contribution in [-0.4, -0.2) is 33.5 Å². The zero-order valence-corrected chi connectivity index (χ0v) is 9.85. The number of nitrogens with zero attached hydrogens (tertiary/aromatic N) is 4. The van der Waals surface area contributed by atoms with Crippen LogP contribution in [0.3, 0.4) is 0 Å². The molecule has 0 fully saturated rings. The smallest absolute Gasteiger partial charge is 0.408 e. The molecule has 0 radical (unpaired) electrons. The van der Waals surface area contributed by atoms with Gasteiger partial charge in [0, 0.05) is 0 Å². The van der Waals surface area contributed by atoms with Gasteiger partial charge in [-0.05, 0) is 22.6 Å². The van der Waals surface area contributed by atoms with Crippen molar-refractivity contribution in [2.24, 2.45) is 0 Å². The van der Waals surface area contributed by atoms with Crippen molar-refractivity contribution >= 4 is 5.69 Å². The maximum absolute atomic E-state index is 12.4. The second-order valence-electron chi connectivity index (χ2n) is 3.70. The molecule has 0 aliphatic carbocycles. The summed E-state index contributed by atoms with van der Waals surface area (Å²) in [6.45, 7) is -1.28. The van der Waals surface area contributed by atoms with E-state index in [9.17, 15) is 13.2 Å². The lowest BCUT2D eigenvalue weighted by atomic mass is 10.1. The van der Waals surface area contributed by atoms with E-state index < -0.39 is 12.7 Å². The number of hydrogen-bond acceptors (Lipinski definition) is 5. The highest BCUT2D eigenvalue weighted by Crippen LogP contribution is 2.33. The number of rotatable bonds is 3. The van der Waals surface area contributed by atoms with E-state index in [1.807, 2.05) is 0 Å². The topological polar surface area (TPSA) is 78.8 Å². The minimum absolute atomic E-state index is 0.0542. The number of anilines is 1. The molecule has 0 aliphatic rings. The Bertz CT molecular complexity index is 581. The minimum atomic E-state index is -4.42. The Morgan fingerprint density at radius 3 is 2.74 bits per heavy atom. The summed E-state index contributed by atoms with van der Waals surface area (Å²) in [6, 6.07) is 4.69. The molecule has 9 heteroatoms. The largest absolute Gasteiger partial charge is 0.494 e. The van der Waals surface area contributed by atoms with Crippen LogP contribution in [0.25, 0.3) is 11.4 Å². The molecule has 0 spiro atoms. The average molecular weight is 273 g/mol. The van der Waals surface area contributed by atoms with Gasteiger partial charge >= 0.3 is 6.18 Å². The lowest BCUT2D eigenvalue weighted by Crippen LogP contribution is -2.19. The lowest BCUT2D eigenvalue weighted by Gasteiger charge is -2.11. The van der Waals surface area contributed by atoms with Gasteiger partial charge in [0.05, 0.1) is 18.4 Å². The molecule has 2 rings (SSSR count). The summed E-state index contributed by atoms with van der Waals surface area (Å²) < 4.78 is 42.9. The maximum atomic E-state index is 12.4. The molecule has 0 unspecified atom stereocenters. The van der Waals surface area contributed by atoms with Gasteiger partial charge < -0.3 is 10.5 Å². The number of hydrogen-bond donors (Lipinski definition) is 1. The lowest BCUT2D eigenvalue weighted by molar-refractivity contribution is -0.142. The van der Waals surface area contributed by atoms with E-state index in [4.69, 9.17) is 10.5 Å². The molecule has 0 bridgehead atoms. The highest BCUT2D eigenvalue weighted by molar-refractivity contribution is 5.73. The first-order valence-corrected chi connectivity index (χ1v) is 5.18. The van der Waals surface area contributed by atoms with E-state index in [1.165, 1.54) is 13.2 Å². The number of methoxy groups -OCH3 is 1. The third kappa shape index (κ3) is 2.75. The van der Waals surface area contributed by atoms with Crippen molar-refractivity contribution in [2.45, 2.75) is 12.7 Å². The highest BCUT2D eigenvalue weighted by Gasteiger charge is 2.31. The molecule has 1 aromatic carbocycles. The van der Waals surface area contributed by atoms with Crippen molar-refractivity contribution in [1.82, 2.24) is 20.2 Å². The predicted octanol–water partition coefficient (Wildman–Crippen LogP) is 1.49. The fraction of sp³-hybridized carbons (Fsp3) is 0.300. The van der Waals surface area contributed by atoms with Crippen molar-refractivity contribution < 1.29 is 17.9 Å². The third-order valence-corrected chi connectivity index (χ3v) is 2.35. The van der Waals surface area contributed by atoms with E-state index in [0.717, 1.165) is 0 Å². The molecule has 0 amide bonds. The first kappa shape index (κ1) is 13.1. The number of para-hydroxylation sites is 1. The Balaban J connectivity index is 2.49. The number of benzene rings is 1. The van der Waals surface area contributed by atoms with Crippen LogP contribution in [0.2, 0.25) is 0 Å². The van der Waals surface area contributed by atoms with Crippen molar-refractivity contribution in [3.8, 4) is 17.1 Å². The zero-order valence-electron chi connectivity index (χ0n) is 9.85. The standard InChI is InChI=1S/C10H10F3N5O/c1-19-8-6(3-2-4-7(8)14)9-15-16-17-18(9)5-10(11,12)13/h2-4H,5,14H2,1H3. The maximum Gasteiger partial charge on any atom is 0.408 e. The van der Waals surface area contributed by atoms with Crippen LogP contribution in [-0.2, 0) is 6.54 Å². The molecule has 1 heterocycles. The molecular weight excluding hydrogens is 263 g/mol. The predicted molar refractivity (Wildman–Crippen MR) is 60.3 cm³/mol. The van der Waals surface area contributed by atoms with E-state index >= 15 is 0 Å². The van der Waals surface area contributed by atoms with Crippen LogP contribution in [0.4, 0.5) is 18.9 Å². The normalized spacial score (nSPS) is 11.6. The van der Waals surface area contributed by atoms with Gasteiger partial charge in [-0.3, -0.25) is 0 Å². The molecule has 2 N–H and O–H groups in total. The molecule has 0 saturated carbocycles.